The quantitative estimate of drug-likeness (QED) is 0.630. The van der Waals surface area contributed by atoms with Gasteiger partial charge in [0.1, 0.15) is 6.61 Å². The Hall–Kier alpha value is -3.14. The van der Waals surface area contributed by atoms with E-state index in [1.54, 1.807) is 23.0 Å². The number of carboxylic acids is 1. The Morgan fingerprint density at radius 1 is 1.18 bits per heavy atom. The molecule has 0 radical (unpaired) electrons. The van der Waals surface area contributed by atoms with E-state index in [2.05, 4.69) is 0 Å². The third kappa shape index (κ3) is 2.36. The van der Waals surface area contributed by atoms with Gasteiger partial charge in [0, 0.05) is 35.9 Å². The molecule has 6 atom stereocenters. The highest BCUT2D eigenvalue weighted by molar-refractivity contribution is 6.38. The molecule has 4 fully saturated rings. The fraction of sp³-hybridized carbons (Fsp3) is 0.565. The number of carbonyl (C=O) groups is 4. The van der Waals surface area contributed by atoms with Crippen LogP contribution >= 0.6 is 0 Å². The Labute approximate surface area is 189 Å². The second-order valence-corrected chi connectivity index (χ2v) is 9.47. The Morgan fingerprint density at radius 3 is 2.61 bits per heavy atom. The third-order valence-electron chi connectivity index (χ3n) is 8.42. The molecule has 0 aromatic heterocycles. The van der Waals surface area contributed by atoms with E-state index >= 15 is 0 Å². The van der Waals surface area contributed by atoms with Crippen molar-refractivity contribution in [2.45, 2.75) is 42.9 Å². The Kier molecular flexibility index (Phi) is 4.15. The number of aliphatic carboxylic acids is 1. The molecule has 2 amide bonds. The molecular formula is C23H24N2O8. The predicted molar refractivity (Wildman–Crippen MR) is 111 cm³/mol. The maximum atomic E-state index is 13.5. The molecule has 1 aliphatic carbocycles. The first-order valence-corrected chi connectivity index (χ1v) is 11.1. The van der Waals surface area contributed by atoms with Gasteiger partial charge in [-0.3, -0.25) is 14.4 Å². The summed E-state index contributed by atoms with van der Waals surface area (Å²) in [7, 11) is 3.08. The molecule has 174 valence electrons. The summed E-state index contributed by atoms with van der Waals surface area (Å²) in [5, 5.41) is 9.18. The Morgan fingerprint density at radius 2 is 1.91 bits per heavy atom. The zero-order valence-corrected chi connectivity index (χ0v) is 18.3. The zero-order chi connectivity index (χ0) is 23.2. The molecule has 6 rings (SSSR count). The van der Waals surface area contributed by atoms with E-state index in [1.165, 1.54) is 7.11 Å². The molecule has 10 heteroatoms. The number of carbonyl (C=O) groups excluding carboxylic acids is 3. The second-order valence-electron chi connectivity index (χ2n) is 9.47. The number of fused-ring (bicyclic) bond motifs is 4. The van der Waals surface area contributed by atoms with Crippen molar-refractivity contribution in [1.82, 2.24) is 4.90 Å². The van der Waals surface area contributed by atoms with Crippen molar-refractivity contribution in [3.63, 3.8) is 0 Å². The monoisotopic (exact) mass is 456 g/mol. The number of benzene rings is 1. The molecule has 0 unspecified atom stereocenters. The summed E-state index contributed by atoms with van der Waals surface area (Å²) in [6, 6.07) is 3.07. The maximum absolute atomic E-state index is 13.5. The summed E-state index contributed by atoms with van der Waals surface area (Å²) >= 11 is 0. The number of hydrogen-bond donors (Lipinski definition) is 1. The summed E-state index contributed by atoms with van der Waals surface area (Å²) in [4.78, 5) is 54.3. The fourth-order valence-corrected chi connectivity index (χ4v) is 7.35. The number of ketones is 1. The molecule has 1 saturated carbocycles. The molecule has 2 bridgehead atoms. The van der Waals surface area contributed by atoms with Gasteiger partial charge in [0.05, 0.1) is 38.5 Å². The minimum atomic E-state index is -1.14. The van der Waals surface area contributed by atoms with Crippen molar-refractivity contribution >= 4 is 29.3 Å². The molecule has 5 aliphatic rings. The first kappa shape index (κ1) is 20.5. The van der Waals surface area contributed by atoms with E-state index in [0.717, 1.165) is 5.56 Å². The van der Waals surface area contributed by atoms with Gasteiger partial charge in [-0.1, -0.05) is 0 Å². The van der Waals surface area contributed by atoms with Crippen molar-refractivity contribution in [1.29, 1.82) is 0 Å². The normalized spacial score (nSPS) is 35.5. The van der Waals surface area contributed by atoms with Gasteiger partial charge in [0.15, 0.2) is 11.5 Å². The van der Waals surface area contributed by atoms with E-state index < -0.39 is 53.7 Å². The van der Waals surface area contributed by atoms with Crippen LogP contribution in [0.1, 0.15) is 24.8 Å². The second kappa shape index (κ2) is 6.69. The number of hydrogen-bond acceptors (Lipinski definition) is 7. The van der Waals surface area contributed by atoms with Gasteiger partial charge in [0.2, 0.25) is 11.7 Å². The van der Waals surface area contributed by atoms with E-state index in [1.807, 2.05) is 6.07 Å². The lowest BCUT2D eigenvalue weighted by Gasteiger charge is -2.57. The predicted octanol–water partition coefficient (Wildman–Crippen LogP) is 0.350. The van der Waals surface area contributed by atoms with Gasteiger partial charge >= 0.3 is 5.97 Å². The number of nitrogens with zero attached hydrogens (tertiary/aromatic N) is 2. The van der Waals surface area contributed by atoms with Gasteiger partial charge in [-0.15, -0.1) is 0 Å². The zero-order valence-electron chi connectivity index (χ0n) is 18.3. The van der Waals surface area contributed by atoms with Crippen molar-refractivity contribution in [2.75, 3.05) is 32.3 Å². The average Bonchev–Trinajstić information content (AvgIpc) is 3.34. The highest BCUT2D eigenvalue weighted by atomic mass is 16.5. The summed E-state index contributed by atoms with van der Waals surface area (Å²) in [6.07, 6.45) is 0.279. The Balaban J connectivity index is 1.58. The third-order valence-corrected chi connectivity index (χ3v) is 8.42. The smallest absolute Gasteiger partial charge is 0.329 e. The standard InChI is InChI=1S/C23H24N2O8/c1-31-13-6-11-12(7-14(13)32-2)25-17(26)8-15(33-9-18(27)28)19-10-5-16-23(11,21(19)25)3-4-24(16)22(30)20(10)29/h6-7,10,15-16,19,21H,3-5,8-9H2,1-2H3,(H,27,28)/t10-,15+,16+,19+,21+,23-/m0/s1. The first-order valence-electron chi connectivity index (χ1n) is 11.1. The van der Waals surface area contributed by atoms with Crippen LogP contribution in [0, 0.1) is 11.8 Å². The first-order chi connectivity index (χ1) is 15.8. The van der Waals surface area contributed by atoms with Crippen LogP contribution in [0.25, 0.3) is 0 Å². The van der Waals surface area contributed by atoms with Crippen LogP contribution in [0.3, 0.4) is 0 Å². The summed E-state index contributed by atoms with van der Waals surface area (Å²) in [5.74, 6) is -2.33. The maximum Gasteiger partial charge on any atom is 0.329 e. The number of Topliss-reactive ketones (excluding diaryl/α,β-unsaturated/α-hetero) is 1. The highest BCUT2D eigenvalue weighted by Crippen LogP contribution is 2.65. The number of methoxy groups -OCH3 is 2. The molecule has 1 N–H and O–H groups in total. The van der Waals surface area contributed by atoms with E-state index in [9.17, 15) is 24.3 Å². The topological polar surface area (TPSA) is 123 Å². The van der Waals surface area contributed by atoms with Gasteiger partial charge in [-0.25, -0.2) is 4.79 Å². The van der Waals surface area contributed by atoms with Crippen molar-refractivity contribution in [2.24, 2.45) is 11.8 Å². The lowest BCUT2D eigenvalue weighted by molar-refractivity contribution is -0.166. The van der Waals surface area contributed by atoms with Crippen molar-refractivity contribution in [3.05, 3.63) is 17.7 Å². The number of rotatable bonds is 5. The molecule has 4 heterocycles. The van der Waals surface area contributed by atoms with Crippen molar-refractivity contribution in [3.8, 4) is 11.5 Å². The van der Waals surface area contributed by atoms with Crippen LogP contribution in [-0.2, 0) is 29.3 Å². The number of piperidine rings is 2. The molecule has 4 aliphatic heterocycles. The molecule has 33 heavy (non-hydrogen) atoms. The number of anilines is 1. The minimum absolute atomic E-state index is 0.0509. The summed E-state index contributed by atoms with van der Waals surface area (Å²) in [6.45, 7) is -0.130. The number of amides is 2. The van der Waals surface area contributed by atoms with Crippen LogP contribution < -0.4 is 14.4 Å². The lowest BCUT2D eigenvalue weighted by Crippen LogP contribution is -2.71. The molecule has 3 saturated heterocycles. The van der Waals surface area contributed by atoms with E-state index in [4.69, 9.17) is 14.2 Å². The van der Waals surface area contributed by atoms with Crippen LogP contribution in [0.5, 0.6) is 11.5 Å². The minimum Gasteiger partial charge on any atom is -0.493 e. The van der Waals surface area contributed by atoms with Crippen LogP contribution in [0.15, 0.2) is 12.1 Å². The average molecular weight is 456 g/mol. The number of ether oxygens (including phenoxy) is 3. The van der Waals surface area contributed by atoms with E-state index in [0.29, 0.717) is 36.6 Å². The van der Waals surface area contributed by atoms with Gasteiger partial charge in [-0.05, 0) is 24.5 Å². The van der Waals surface area contributed by atoms with Gasteiger partial charge in [-0.2, -0.15) is 0 Å². The summed E-state index contributed by atoms with van der Waals surface area (Å²) < 4.78 is 16.8. The van der Waals surface area contributed by atoms with Gasteiger partial charge < -0.3 is 29.1 Å². The highest BCUT2D eigenvalue weighted by Gasteiger charge is 2.73. The molecule has 1 aromatic carbocycles. The fourth-order valence-electron chi connectivity index (χ4n) is 7.35. The number of carboxylic acid groups (broad SMARTS) is 1. The molecular weight excluding hydrogens is 432 g/mol. The van der Waals surface area contributed by atoms with Gasteiger partial charge in [0.25, 0.3) is 5.91 Å². The van der Waals surface area contributed by atoms with Crippen LogP contribution in [0.2, 0.25) is 0 Å². The summed E-state index contributed by atoms with van der Waals surface area (Å²) in [5.41, 5.74) is 1.04. The lowest BCUT2D eigenvalue weighted by atomic mass is 9.54. The van der Waals surface area contributed by atoms with Crippen molar-refractivity contribution < 1.29 is 38.5 Å². The van der Waals surface area contributed by atoms with E-state index in [-0.39, 0.29) is 18.4 Å². The SMILES string of the molecule is COc1cc2c(cc1OC)[C@@]13CCN4C(=O)C(=O)[C@@H](C[C@@H]41)[C@@H]1[C@H](OCC(=O)O)CC(=O)N2[C@H]13. The molecule has 1 aromatic rings. The van der Waals surface area contributed by atoms with Crippen LogP contribution in [0.4, 0.5) is 5.69 Å². The molecule has 10 nitrogen and oxygen atoms in total. The molecule has 1 spiro atoms. The van der Waals surface area contributed by atoms with Crippen LogP contribution in [-0.4, -0.2) is 79.1 Å². The largest absolute Gasteiger partial charge is 0.493 e. The Bertz CT molecular complexity index is 1120.